The lowest BCUT2D eigenvalue weighted by atomic mass is 9.89. The Hall–Kier alpha value is -1.46. The molecule has 1 atom stereocenters. The molecule has 1 amide bonds. The Labute approximate surface area is 151 Å². The van der Waals surface area contributed by atoms with Gasteiger partial charge in [-0.05, 0) is 44.2 Å². The van der Waals surface area contributed by atoms with Gasteiger partial charge in [-0.25, -0.2) is 0 Å². The van der Waals surface area contributed by atoms with Crippen LogP contribution in [0.2, 0.25) is 0 Å². The molecule has 0 N–H and O–H groups in total. The number of carbonyl (C=O) groups is 1. The number of likely N-dealkylation sites (tertiary alicyclic amines) is 1. The highest BCUT2D eigenvalue weighted by Crippen LogP contribution is 2.25. The molecule has 138 valence electrons. The van der Waals surface area contributed by atoms with E-state index in [1.165, 1.54) is 0 Å². The van der Waals surface area contributed by atoms with Gasteiger partial charge in [0.15, 0.2) is 0 Å². The van der Waals surface area contributed by atoms with E-state index in [1.807, 2.05) is 17.0 Å². The standard InChI is InChI=1S/C20H31N3O2/c1-3-4-19-15-18(5-8-21-19)20(24)23-9-6-17(7-10-23)16(2)22-11-13-25-14-12-22/h5,8,15-17H,3-4,6-7,9-14H2,1-2H3. The van der Waals surface area contributed by atoms with Crippen LogP contribution in [0.3, 0.4) is 0 Å². The van der Waals surface area contributed by atoms with E-state index in [9.17, 15) is 4.79 Å². The lowest BCUT2D eigenvalue weighted by Gasteiger charge is -2.41. The Morgan fingerprint density at radius 3 is 2.68 bits per heavy atom. The van der Waals surface area contributed by atoms with Gasteiger partial charge in [0.1, 0.15) is 0 Å². The van der Waals surface area contributed by atoms with Crippen LogP contribution in [0.4, 0.5) is 0 Å². The van der Waals surface area contributed by atoms with Crippen LogP contribution in [0.15, 0.2) is 18.3 Å². The number of hydrogen-bond donors (Lipinski definition) is 0. The summed E-state index contributed by atoms with van der Waals surface area (Å²) in [7, 11) is 0. The zero-order valence-corrected chi connectivity index (χ0v) is 15.6. The van der Waals surface area contributed by atoms with Crippen molar-refractivity contribution >= 4 is 5.91 Å². The van der Waals surface area contributed by atoms with Gasteiger partial charge < -0.3 is 9.64 Å². The Bertz CT molecular complexity index is 564. The summed E-state index contributed by atoms with van der Waals surface area (Å²) in [5.74, 6) is 0.840. The third kappa shape index (κ3) is 4.59. The van der Waals surface area contributed by atoms with Gasteiger partial charge >= 0.3 is 0 Å². The monoisotopic (exact) mass is 345 g/mol. The van der Waals surface area contributed by atoms with Crippen LogP contribution in [-0.2, 0) is 11.2 Å². The SMILES string of the molecule is CCCc1cc(C(=O)N2CCC(C(C)N3CCOCC3)CC2)ccn1. The second-order valence-corrected chi connectivity index (χ2v) is 7.30. The highest BCUT2D eigenvalue weighted by Gasteiger charge is 2.30. The first-order valence-electron chi connectivity index (χ1n) is 9.75. The van der Waals surface area contributed by atoms with Crippen LogP contribution >= 0.6 is 0 Å². The molecule has 5 heteroatoms. The van der Waals surface area contributed by atoms with Crippen molar-refractivity contribution in [3.8, 4) is 0 Å². The van der Waals surface area contributed by atoms with E-state index >= 15 is 0 Å². The smallest absolute Gasteiger partial charge is 0.253 e. The van der Waals surface area contributed by atoms with Gasteiger partial charge in [0.05, 0.1) is 13.2 Å². The Balaban J connectivity index is 1.54. The van der Waals surface area contributed by atoms with E-state index in [4.69, 9.17) is 4.74 Å². The first-order valence-corrected chi connectivity index (χ1v) is 9.75. The first-order chi connectivity index (χ1) is 12.2. The van der Waals surface area contributed by atoms with Crippen molar-refractivity contribution in [1.29, 1.82) is 0 Å². The van der Waals surface area contributed by atoms with Crippen LogP contribution < -0.4 is 0 Å². The number of aryl methyl sites for hydroxylation is 1. The van der Waals surface area contributed by atoms with Crippen LogP contribution in [0.1, 0.15) is 49.2 Å². The Morgan fingerprint density at radius 2 is 2.00 bits per heavy atom. The molecule has 25 heavy (non-hydrogen) atoms. The van der Waals surface area contributed by atoms with Gasteiger partial charge in [-0.15, -0.1) is 0 Å². The summed E-state index contributed by atoms with van der Waals surface area (Å²) in [6.45, 7) is 9.99. The maximum absolute atomic E-state index is 12.8. The molecule has 1 unspecified atom stereocenters. The lowest BCUT2D eigenvalue weighted by Crippen LogP contribution is -2.49. The second kappa shape index (κ2) is 8.77. The summed E-state index contributed by atoms with van der Waals surface area (Å²) in [6.07, 6.45) is 5.94. The van der Waals surface area contributed by atoms with Gasteiger partial charge in [0.2, 0.25) is 0 Å². The van der Waals surface area contributed by atoms with E-state index in [1.54, 1.807) is 6.20 Å². The minimum atomic E-state index is 0.164. The predicted octanol–water partition coefficient (Wildman–Crippen LogP) is 2.61. The van der Waals surface area contributed by atoms with Crippen molar-refractivity contribution in [3.05, 3.63) is 29.6 Å². The van der Waals surface area contributed by atoms with E-state index in [2.05, 4.69) is 23.7 Å². The number of ether oxygens (including phenoxy) is 1. The fourth-order valence-corrected chi connectivity index (χ4v) is 4.05. The summed E-state index contributed by atoms with van der Waals surface area (Å²) in [4.78, 5) is 21.7. The maximum atomic E-state index is 12.8. The average Bonchev–Trinajstić information content (AvgIpc) is 2.68. The summed E-state index contributed by atoms with van der Waals surface area (Å²) in [5.41, 5.74) is 1.81. The molecule has 3 rings (SSSR count). The molecule has 5 nitrogen and oxygen atoms in total. The molecule has 0 radical (unpaired) electrons. The molecule has 0 aromatic carbocycles. The molecule has 1 aromatic heterocycles. The Kier molecular flexibility index (Phi) is 6.43. The molecule has 3 heterocycles. The number of carbonyl (C=O) groups excluding carboxylic acids is 1. The topological polar surface area (TPSA) is 45.7 Å². The number of morpholine rings is 1. The highest BCUT2D eigenvalue weighted by atomic mass is 16.5. The number of pyridine rings is 1. The van der Waals surface area contributed by atoms with Crippen molar-refractivity contribution in [2.45, 2.75) is 45.6 Å². The van der Waals surface area contributed by atoms with Crippen molar-refractivity contribution in [1.82, 2.24) is 14.8 Å². The van der Waals surface area contributed by atoms with E-state index in [0.717, 1.165) is 76.3 Å². The molecule has 2 saturated heterocycles. The van der Waals surface area contributed by atoms with E-state index in [-0.39, 0.29) is 5.91 Å². The lowest BCUT2D eigenvalue weighted by molar-refractivity contribution is -0.000952. The van der Waals surface area contributed by atoms with Crippen LogP contribution in [0.25, 0.3) is 0 Å². The fraction of sp³-hybridized carbons (Fsp3) is 0.700. The molecule has 2 aliphatic rings. The highest BCUT2D eigenvalue weighted by molar-refractivity contribution is 5.94. The van der Waals surface area contributed by atoms with Crippen molar-refractivity contribution < 1.29 is 9.53 Å². The zero-order valence-electron chi connectivity index (χ0n) is 15.6. The largest absolute Gasteiger partial charge is 0.379 e. The van der Waals surface area contributed by atoms with Gasteiger partial charge in [0, 0.05) is 49.7 Å². The number of aromatic nitrogens is 1. The molecule has 2 aliphatic heterocycles. The minimum Gasteiger partial charge on any atom is -0.379 e. The van der Waals surface area contributed by atoms with Crippen molar-refractivity contribution in [3.63, 3.8) is 0 Å². The third-order valence-corrected chi connectivity index (χ3v) is 5.70. The molecular formula is C20H31N3O2. The molecule has 0 saturated carbocycles. The van der Waals surface area contributed by atoms with Crippen LogP contribution in [0, 0.1) is 5.92 Å². The van der Waals surface area contributed by atoms with Crippen molar-refractivity contribution in [2.24, 2.45) is 5.92 Å². The fourth-order valence-electron chi connectivity index (χ4n) is 4.05. The first kappa shape index (κ1) is 18.3. The number of nitrogens with zero attached hydrogens (tertiary/aromatic N) is 3. The van der Waals surface area contributed by atoms with Gasteiger partial charge in [-0.2, -0.15) is 0 Å². The van der Waals surface area contributed by atoms with Gasteiger partial charge in [-0.1, -0.05) is 13.3 Å². The van der Waals surface area contributed by atoms with Crippen LogP contribution in [-0.4, -0.2) is 66.1 Å². The second-order valence-electron chi connectivity index (χ2n) is 7.30. The summed E-state index contributed by atoms with van der Waals surface area (Å²) in [6, 6.07) is 4.40. The summed E-state index contributed by atoms with van der Waals surface area (Å²) in [5, 5.41) is 0. The van der Waals surface area contributed by atoms with Crippen molar-refractivity contribution in [2.75, 3.05) is 39.4 Å². The maximum Gasteiger partial charge on any atom is 0.253 e. The number of amides is 1. The summed E-state index contributed by atoms with van der Waals surface area (Å²) < 4.78 is 5.46. The summed E-state index contributed by atoms with van der Waals surface area (Å²) >= 11 is 0. The average molecular weight is 345 g/mol. The van der Waals surface area contributed by atoms with Crippen LogP contribution in [0.5, 0.6) is 0 Å². The Morgan fingerprint density at radius 1 is 1.28 bits per heavy atom. The number of rotatable bonds is 5. The number of hydrogen-bond acceptors (Lipinski definition) is 4. The number of piperidine rings is 1. The van der Waals surface area contributed by atoms with Gasteiger partial charge in [0.25, 0.3) is 5.91 Å². The minimum absolute atomic E-state index is 0.164. The normalized spacial score (nSPS) is 21.3. The molecule has 0 aliphatic carbocycles. The van der Waals surface area contributed by atoms with E-state index < -0.39 is 0 Å². The molecule has 1 aromatic rings. The third-order valence-electron chi connectivity index (χ3n) is 5.70. The van der Waals surface area contributed by atoms with Gasteiger partial charge in [-0.3, -0.25) is 14.7 Å². The molecule has 2 fully saturated rings. The molecule has 0 bridgehead atoms. The van der Waals surface area contributed by atoms with E-state index in [0.29, 0.717) is 12.0 Å². The predicted molar refractivity (Wildman–Crippen MR) is 98.7 cm³/mol. The molecular weight excluding hydrogens is 314 g/mol. The zero-order chi connectivity index (χ0) is 17.6. The molecule has 0 spiro atoms. The quantitative estimate of drug-likeness (QED) is 0.823.